The predicted octanol–water partition coefficient (Wildman–Crippen LogP) is 3.82. The number of rotatable bonds is 9. The third-order valence-electron chi connectivity index (χ3n) is 18.1. The summed E-state index contributed by atoms with van der Waals surface area (Å²) in [6.45, 7) is 10.1. The van der Waals surface area contributed by atoms with Crippen molar-refractivity contribution < 1.29 is 63.8 Å². The van der Waals surface area contributed by atoms with Crippen molar-refractivity contribution in [3.8, 4) is 0 Å². The number of hydrogen-bond acceptors (Lipinski definition) is 13. The molecule has 0 aliphatic heterocycles. The summed E-state index contributed by atoms with van der Waals surface area (Å²) in [7, 11) is 0. The number of hydrogen-bond donors (Lipinski definition) is 5. The molecule has 0 saturated heterocycles. The molecule has 0 spiro atoms. The molecule has 8 aliphatic rings. The smallest absolute Gasteiger partial charge is 0.306 e. The molecule has 15 atom stereocenters. The molecular weight excluding hydrogens is 785 g/mol. The van der Waals surface area contributed by atoms with Crippen molar-refractivity contribution in [1.29, 1.82) is 0 Å². The Bertz CT molecular complexity index is 2080. The molecule has 0 bridgehead atoms. The zero-order valence-electron chi connectivity index (χ0n) is 36.1. The summed E-state index contributed by atoms with van der Waals surface area (Å²) in [4.78, 5) is 77.7. The minimum atomic E-state index is -2.29. The molecule has 0 amide bonds. The highest BCUT2D eigenvalue weighted by molar-refractivity contribution is 6.02. The van der Waals surface area contributed by atoms with Crippen molar-refractivity contribution in [3.05, 3.63) is 47.6 Å². The Hall–Kier alpha value is -3.62. The van der Waals surface area contributed by atoms with E-state index in [-0.39, 0.29) is 78.7 Å². The van der Waals surface area contributed by atoms with Gasteiger partial charge in [0.05, 0.1) is 18.9 Å². The fourth-order valence-electron chi connectivity index (χ4n) is 15.4. The third kappa shape index (κ3) is 6.32. The van der Waals surface area contributed by atoms with E-state index in [0.29, 0.717) is 25.7 Å². The highest BCUT2D eigenvalue weighted by Gasteiger charge is 2.73. The Kier molecular flexibility index (Phi) is 10.4. The number of carbonyl (C=O) groups excluding carboxylic acids is 6. The van der Waals surface area contributed by atoms with E-state index in [1.807, 2.05) is 26.8 Å². The highest BCUT2D eigenvalue weighted by Crippen LogP contribution is 2.71. The maximum atomic E-state index is 13.8. The second kappa shape index (κ2) is 14.5. The van der Waals surface area contributed by atoms with Gasteiger partial charge in [0, 0.05) is 39.9 Å². The van der Waals surface area contributed by atoms with E-state index < -0.39 is 100 Å². The molecular formula is C48H62O13. The van der Waals surface area contributed by atoms with Gasteiger partial charge in [-0.25, -0.2) is 0 Å². The van der Waals surface area contributed by atoms with Crippen LogP contribution in [0, 0.1) is 69.0 Å². The molecule has 1 unspecified atom stereocenters. The lowest BCUT2D eigenvalue weighted by atomic mass is 9.44. The summed E-state index contributed by atoms with van der Waals surface area (Å²) < 4.78 is 10.5. The van der Waals surface area contributed by atoms with Crippen LogP contribution in [-0.4, -0.2) is 96.9 Å². The molecule has 0 aromatic carbocycles. The SMILES string of the molecule is C[C@H]1CC2[C@H]([C@@H](O)C[C@@]3(C)[C@H]2CC[C@]3(O)C(=O)COC(=O)CCC(=O)OCC(=O)[C@@]2(O)CC[C@@H]3[C@@H]4C[C@H](C)C5=CC(=O)C=C[C@@]5(C)[C@@H]4C(O)(O)C[C@]32C)[C@@]2(C)C=CC(=O)C=C12. The van der Waals surface area contributed by atoms with Crippen LogP contribution in [0.1, 0.15) is 106 Å². The zero-order valence-corrected chi connectivity index (χ0v) is 36.1. The van der Waals surface area contributed by atoms with E-state index in [4.69, 9.17) is 9.47 Å². The van der Waals surface area contributed by atoms with E-state index in [2.05, 4.69) is 13.8 Å². The van der Waals surface area contributed by atoms with Crippen LogP contribution in [0.2, 0.25) is 0 Å². The van der Waals surface area contributed by atoms with Crippen molar-refractivity contribution in [2.24, 2.45) is 69.0 Å². The first kappa shape index (κ1) is 44.0. The highest BCUT2D eigenvalue weighted by atomic mass is 16.5. The Balaban J connectivity index is 0.849. The van der Waals surface area contributed by atoms with Gasteiger partial charge in [-0.05, 0) is 105 Å². The van der Waals surface area contributed by atoms with E-state index >= 15 is 0 Å². The normalized spacial score (nSPS) is 46.4. The van der Waals surface area contributed by atoms with Gasteiger partial charge in [-0.2, -0.15) is 0 Å². The fraction of sp³-hybridized carbons (Fsp3) is 0.708. The molecule has 13 nitrogen and oxygen atoms in total. The molecule has 0 heterocycles. The molecule has 0 aromatic rings. The lowest BCUT2D eigenvalue weighted by Gasteiger charge is -2.63. The van der Waals surface area contributed by atoms with Crippen LogP contribution in [0.4, 0.5) is 0 Å². The van der Waals surface area contributed by atoms with Crippen LogP contribution >= 0.6 is 0 Å². The number of allylic oxidation sites excluding steroid dienone is 8. The average molecular weight is 847 g/mol. The summed E-state index contributed by atoms with van der Waals surface area (Å²) in [5.74, 6) is -7.25. The average Bonchev–Trinajstić information content (AvgIpc) is 3.61. The molecule has 6 saturated carbocycles. The van der Waals surface area contributed by atoms with Crippen LogP contribution in [0.25, 0.3) is 0 Å². The topological polar surface area (TPSA) is 222 Å². The number of ketones is 4. The lowest BCUT2D eigenvalue weighted by Crippen LogP contribution is -2.67. The standard InChI is InChI=1S/C48H62O13/c1-25-17-29-31-11-15-46(56,44(31,5)21-35(51)40(29)42(3)13-9-27(49)19-33(25)42)36(52)22-60-38(54)7-8-39(55)61-23-37(53)47(57)16-12-32-30-18-26(2)34-20-28(50)10-14-43(34,4)41(30)48(58,59)24-45(32,47)6/h9-10,13-14,19-20,25-26,29-32,35,40-41,51,56-59H,7-8,11-12,15-18,21-24H2,1-6H3/t25-,26-,29?,30-,31-,32+,35-,40+,41+,42-,43+,44-,45+,46-,47-/m0/s1. The van der Waals surface area contributed by atoms with Crippen LogP contribution in [-0.2, 0) is 38.2 Å². The summed E-state index contributed by atoms with van der Waals surface area (Å²) in [5, 5.41) is 59.2. The Labute approximate surface area is 356 Å². The van der Waals surface area contributed by atoms with Gasteiger partial charge in [0.25, 0.3) is 0 Å². The zero-order chi connectivity index (χ0) is 44.5. The van der Waals surface area contributed by atoms with Crippen LogP contribution in [0.15, 0.2) is 47.6 Å². The van der Waals surface area contributed by atoms with Gasteiger partial charge >= 0.3 is 11.9 Å². The number of Topliss-reactive ketones (excluding diaryl/α,β-unsaturated/α-hetero) is 2. The molecule has 6 fully saturated rings. The van der Waals surface area contributed by atoms with Gasteiger partial charge in [0.1, 0.15) is 11.2 Å². The Morgan fingerprint density at radius 2 is 1.15 bits per heavy atom. The first-order chi connectivity index (χ1) is 28.4. The Morgan fingerprint density at radius 3 is 1.69 bits per heavy atom. The van der Waals surface area contributed by atoms with Gasteiger partial charge in [0.15, 0.2) is 30.6 Å². The second-order valence-electron chi connectivity index (χ2n) is 21.2. The van der Waals surface area contributed by atoms with Crippen LogP contribution in [0.5, 0.6) is 0 Å². The van der Waals surface area contributed by atoms with Crippen molar-refractivity contribution in [3.63, 3.8) is 0 Å². The summed E-state index contributed by atoms with van der Waals surface area (Å²) in [6.07, 6.45) is 10.4. The third-order valence-corrected chi connectivity index (χ3v) is 18.1. The van der Waals surface area contributed by atoms with E-state index in [1.54, 1.807) is 31.2 Å². The lowest BCUT2D eigenvalue weighted by molar-refractivity contribution is -0.300. The maximum Gasteiger partial charge on any atom is 0.306 e. The number of carbonyl (C=O) groups is 6. The molecule has 0 aromatic heterocycles. The van der Waals surface area contributed by atoms with Crippen molar-refractivity contribution in [2.75, 3.05) is 13.2 Å². The number of aliphatic hydroxyl groups is 5. The molecule has 8 aliphatic carbocycles. The van der Waals surface area contributed by atoms with Crippen molar-refractivity contribution in [2.45, 2.75) is 129 Å². The number of esters is 2. The summed E-state index contributed by atoms with van der Waals surface area (Å²) in [6, 6.07) is 0. The van der Waals surface area contributed by atoms with E-state index in [0.717, 1.165) is 11.1 Å². The summed E-state index contributed by atoms with van der Waals surface area (Å²) >= 11 is 0. The minimum absolute atomic E-state index is 0.0175. The monoisotopic (exact) mass is 846 g/mol. The first-order valence-electron chi connectivity index (χ1n) is 22.2. The fourth-order valence-corrected chi connectivity index (χ4v) is 15.4. The largest absolute Gasteiger partial charge is 0.458 e. The van der Waals surface area contributed by atoms with Gasteiger partial charge < -0.3 is 35.0 Å². The first-order valence-corrected chi connectivity index (χ1v) is 22.2. The number of aliphatic hydroxyl groups excluding tert-OH is 1. The Morgan fingerprint density at radius 1 is 0.689 bits per heavy atom. The van der Waals surface area contributed by atoms with Gasteiger partial charge in [0.2, 0.25) is 11.6 Å². The second-order valence-corrected chi connectivity index (χ2v) is 21.2. The summed E-state index contributed by atoms with van der Waals surface area (Å²) in [5.41, 5.74) is -5.61. The number of ether oxygens (including phenoxy) is 2. The van der Waals surface area contributed by atoms with Crippen molar-refractivity contribution >= 4 is 35.1 Å². The maximum absolute atomic E-state index is 13.8. The minimum Gasteiger partial charge on any atom is -0.458 e. The van der Waals surface area contributed by atoms with Gasteiger partial charge in [-0.3, -0.25) is 28.8 Å². The molecule has 0 radical (unpaired) electrons. The van der Waals surface area contributed by atoms with Crippen molar-refractivity contribution in [1.82, 2.24) is 0 Å². The van der Waals surface area contributed by atoms with E-state index in [1.165, 1.54) is 6.08 Å². The molecule has 332 valence electrons. The van der Waals surface area contributed by atoms with Gasteiger partial charge in [-0.15, -0.1) is 0 Å². The molecule has 5 N–H and O–H groups in total. The van der Waals surface area contributed by atoms with E-state index in [9.17, 15) is 54.3 Å². The quantitative estimate of drug-likeness (QED) is 0.165. The predicted molar refractivity (Wildman–Crippen MR) is 217 cm³/mol. The number of fused-ring (bicyclic) bond motifs is 10. The molecule has 61 heavy (non-hydrogen) atoms. The van der Waals surface area contributed by atoms with Gasteiger partial charge in [-0.1, -0.05) is 64.8 Å². The molecule has 13 heteroatoms. The van der Waals surface area contributed by atoms with Crippen LogP contribution in [0.3, 0.4) is 0 Å². The van der Waals surface area contributed by atoms with Crippen LogP contribution < -0.4 is 0 Å². The molecule has 8 rings (SSSR count).